The Labute approximate surface area is 230 Å². The second-order valence-electron chi connectivity index (χ2n) is 11.4. The van der Waals surface area contributed by atoms with Crippen molar-refractivity contribution >= 4 is 5.91 Å². The fourth-order valence-electron chi connectivity index (χ4n) is 5.11. The highest BCUT2D eigenvalue weighted by molar-refractivity contribution is 5.76. The van der Waals surface area contributed by atoms with Crippen LogP contribution in [-0.4, -0.2) is 46.1 Å². The number of carbonyl (C=O) groups is 1. The molecule has 0 bridgehead atoms. The molecule has 0 aliphatic heterocycles. The highest BCUT2D eigenvalue weighted by atomic mass is 16.3. The quantitative estimate of drug-likeness (QED) is 0.0742. The molecule has 0 aromatic heterocycles. The first-order chi connectivity index (χ1) is 18.0. The third kappa shape index (κ3) is 25.4. The van der Waals surface area contributed by atoms with Gasteiger partial charge >= 0.3 is 0 Å². The Balaban J connectivity index is 3.69. The third-order valence-electron chi connectivity index (χ3n) is 7.67. The van der Waals surface area contributed by atoms with Gasteiger partial charge in [0.1, 0.15) is 0 Å². The van der Waals surface area contributed by atoms with E-state index in [-0.39, 0.29) is 18.9 Å². The zero-order valence-corrected chi connectivity index (χ0v) is 24.9. The van der Waals surface area contributed by atoms with Gasteiger partial charge in [-0.3, -0.25) is 4.79 Å². The molecule has 0 rings (SSSR count). The van der Waals surface area contributed by atoms with Gasteiger partial charge < -0.3 is 20.6 Å². The summed E-state index contributed by atoms with van der Waals surface area (Å²) in [7, 11) is 0. The summed E-state index contributed by atoms with van der Waals surface area (Å²) in [6, 6.07) is -0.648. The minimum atomic E-state index is -0.739. The average Bonchev–Trinajstić information content (AvgIpc) is 2.88. The van der Waals surface area contributed by atoms with E-state index in [1.807, 2.05) is 0 Å². The van der Waals surface area contributed by atoms with E-state index >= 15 is 0 Å². The monoisotopic (exact) mass is 527 g/mol. The largest absolute Gasteiger partial charge is 0.394 e. The molecule has 0 spiro atoms. The third-order valence-corrected chi connectivity index (χ3v) is 7.67. The van der Waals surface area contributed by atoms with Crippen LogP contribution in [0.2, 0.25) is 0 Å². The molecule has 0 radical (unpaired) electrons. The molecule has 0 aliphatic rings. The van der Waals surface area contributed by atoms with Crippen LogP contribution in [0, 0.1) is 0 Å². The number of amides is 1. The fourth-order valence-corrected chi connectivity index (χ4v) is 5.11. The number of nitrogens with one attached hydrogen (secondary N) is 1. The summed E-state index contributed by atoms with van der Waals surface area (Å²) in [5.41, 5.74) is 0. The molecule has 1 amide bonds. The maximum atomic E-state index is 12.3. The summed E-state index contributed by atoms with van der Waals surface area (Å²) >= 11 is 0. The zero-order valence-electron chi connectivity index (χ0n) is 24.9. The minimum absolute atomic E-state index is 0.0412. The second kappa shape index (κ2) is 28.4. The number of hydrogen-bond acceptors (Lipinski definition) is 4. The number of aliphatic hydroxyl groups excluding tert-OH is 3. The van der Waals surface area contributed by atoms with Crippen LogP contribution >= 0.6 is 0 Å². The van der Waals surface area contributed by atoms with Crippen LogP contribution in [-0.2, 0) is 4.79 Å². The van der Waals surface area contributed by atoms with Crippen molar-refractivity contribution in [1.82, 2.24) is 5.32 Å². The molecule has 4 N–H and O–H groups in total. The van der Waals surface area contributed by atoms with Crippen LogP contribution in [0.25, 0.3) is 0 Å². The molecule has 3 unspecified atom stereocenters. The van der Waals surface area contributed by atoms with Crippen molar-refractivity contribution in [2.24, 2.45) is 0 Å². The van der Waals surface area contributed by atoms with Crippen molar-refractivity contribution in [3.63, 3.8) is 0 Å². The van der Waals surface area contributed by atoms with Crippen LogP contribution in [0.5, 0.6) is 0 Å². The Morgan fingerprint density at radius 1 is 0.568 bits per heavy atom. The summed E-state index contributed by atoms with van der Waals surface area (Å²) in [4.78, 5) is 12.3. The van der Waals surface area contributed by atoms with Gasteiger partial charge in [0.15, 0.2) is 0 Å². The average molecular weight is 528 g/mol. The molecule has 0 aromatic carbocycles. The molecule has 37 heavy (non-hydrogen) atoms. The standard InChI is InChI=1S/C32H65NO4/c1-3-5-7-9-11-13-14-15-16-18-19-21-23-25-29(35)27-32(37)33-30(28-34)31(36)26-24-22-20-17-12-10-8-6-4-2/h29-31,34-36H,3-28H2,1-2H3,(H,33,37). The summed E-state index contributed by atoms with van der Waals surface area (Å²) < 4.78 is 0. The summed E-state index contributed by atoms with van der Waals surface area (Å²) in [6.07, 6.45) is 27.6. The van der Waals surface area contributed by atoms with Gasteiger partial charge in [-0.1, -0.05) is 155 Å². The number of unbranched alkanes of at least 4 members (excludes halogenated alkanes) is 20. The van der Waals surface area contributed by atoms with Gasteiger partial charge in [0.05, 0.1) is 31.3 Å². The van der Waals surface area contributed by atoms with E-state index in [1.165, 1.54) is 116 Å². The molecule has 5 heteroatoms. The summed E-state index contributed by atoms with van der Waals surface area (Å²) in [6.45, 7) is 4.22. The van der Waals surface area contributed by atoms with Crippen LogP contribution in [0.1, 0.15) is 174 Å². The van der Waals surface area contributed by atoms with E-state index in [0.29, 0.717) is 12.8 Å². The molecule has 5 nitrogen and oxygen atoms in total. The lowest BCUT2D eigenvalue weighted by Crippen LogP contribution is -2.46. The van der Waals surface area contributed by atoms with E-state index in [2.05, 4.69) is 19.2 Å². The van der Waals surface area contributed by atoms with E-state index in [1.54, 1.807) is 0 Å². The van der Waals surface area contributed by atoms with Gasteiger partial charge in [-0.15, -0.1) is 0 Å². The molecule has 0 aromatic rings. The number of carbonyl (C=O) groups excluding carboxylic acids is 1. The Morgan fingerprint density at radius 2 is 0.919 bits per heavy atom. The highest BCUT2D eigenvalue weighted by Crippen LogP contribution is 2.15. The Morgan fingerprint density at radius 3 is 1.30 bits per heavy atom. The van der Waals surface area contributed by atoms with Gasteiger partial charge in [0, 0.05) is 0 Å². The molecule has 0 fully saturated rings. The predicted octanol–water partition coefficient (Wildman–Crippen LogP) is 7.98. The molecule has 0 saturated carbocycles. The first-order valence-electron chi connectivity index (χ1n) is 16.3. The predicted molar refractivity (Wildman–Crippen MR) is 158 cm³/mol. The van der Waals surface area contributed by atoms with Gasteiger partial charge in [-0.05, 0) is 12.8 Å². The van der Waals surface area contributed by atoms with Gasteiger partial charge in [0.25, 0.3) is 0 Å². The van der Waals surface area contributed by atoms with Gasteiger partial charge in [0.2, 0.25) is 5.91 Å². The second-order valence-corrected chi connectivity index (χ2v) is 11.4. The van der Waals surface area contributed by atoms with Crippen LogP contribution < -0.4 is 5.32 Å². The first-order valence-corrected chi connectivity index (χ1v) is 16.3. The molecular formula is C32H65NO4. The topological polar surface area (TPSA) is 89.8 Å². The Bertz CT molecular complexity index is 474. The van der Waals surface area contributed by atoms with Crippen molar-refractivity contribution in [3.8, 4) is 0 Å². The van der Waals surface area contributed by atoms with Crippen LogP contribution in [0.3, 0.4) is 0 Å². The van der Waals surface area contributed by atoms with E-state index in [0.717, 1.165) is 25.7 Å². The number of aliphatic hydroxyl groups is 3. The Hall–Kier alpha value is -0.650. The number of hydrogen-bond donors (Lipinski definition) is 4. The van der Waals surface area contributed by atoms with Crippen molar-refractivity contribution in [2.75, 3.05) is 6.61 Å². The van der Waals surface area contributed by atoms with Crippen molar-refractivity contribution in [3.05, 3.63) is 0 Å². The maximum absolute atomic E-state index is 12.3. The molecule has 222 valence electrons. The van der Waals surface area contributed by atoms with Crippen molar-refractivity contribution < 1.29 is 20.1 Å². The van der Waals surface area contributed by atoms with Crippen LogP contribution in [0.15, 0.2) is 0 Å². The molecule has 0 aliphatic carbocycles. The molecule has 3 atom stereocenters. The van der Waals surface area contributed by atoms with Crippen molar-refractivity contribution in [1.29, 1.82) is 0 Å². The van der Waals surface area contributed by atoms with Gasteiger partial charge in [-0.2, -0.15) is 0 Å². The maximum Gasteiger partial charge on any atom is 0.222 e. The highest BCUT2D eigenvalue weighted by Gasteiger charge is 2.21. The van der Waals surface area contributed by atoms with Crippen molar-refractivity contribution in [2.45, 2.75) is 193 Å². The van der Waals surface area contributed by atoms with Crippen LogP contribution in [0.4, 0.5) is 0 Å². The first kappa shape index (κ1) is 36.4. The molecule has 0 saturated heterocycles. The molecule has 0 heterocycles. The fraction of sp³-hybridized carbons (Fsp3) is 0.969. The van der Waals surface area contributed by atoms with E-state index in [4.69, 9.17) is 0 Å². The van der Waals surface area contributed by atoms with E-state index in [9.17, 15) is 20.1 Å². The SMILES string of the molecule is CCCCCCCCCCCCCCCC(O)CC(=O)NC(CO)C(O)CCCCCCCCCCC. The lowest BCUT2D eigenvalue weighted by molar-refractivity contribution is -0.125. The summed E-state index contributed by atoms with van der Waals surface area (Å²) in [5, 5.41) is 33.0. The van der Waals surface area contributed by atoms with Gasteiger partial charge in [-0.25, -0.2) is 0 Å². The number of rotatable bonds is 29. The molecular weight excluding hydrogens is 462 g/mol. The lowest BCUT2D eigenvalue weighted by atomic mass is 10.0. The zero-order chi connectivity index (χ0) is 27.4. The lowest BCUT2D eigenvalue weighted by Gasteiger charge is -2.23. The van der Waals surface area contributed by atoms with E-state index < -0.39 is 18.2 Å². The normalized spacial score (nSPS) is 14.0. The summed E-state index contributed by atoms with van der Waals surface area (Å²) in [5.74, 6) is -0.285. The smallest absolute Gasteiger partial charge is 0.222 e. The Kier molecular flexibility index (Phi) is 27.9. The minimum Gasteiger partial charge on any atom is -0.394 e.